The molecule has 1 fully saturated rings. The molecule has 0 N–H and O–H groups in total. The molecule has 0 radical (unpaired) electrons. The number of hydrogen-bond acceptors (Lipinski definition) is 5. The van der Waals surface area contributed by atoms with E-state index in [1.165, 1.54) is 0 Å². The molecule has 0 amide bonds. The third-order valence-corrected chi connectivity index (χ3v) is 5.24. The van der Waals surface area contributed by atoms with Crippen LogP contribution in [0.4, 0.5) is 11.4 Å². The Bertz CT molecular complexity index is 1040. The molecule has 1 aliphatic rings. The van der Waals surface area contributed by atoms with Crippen LogP contribution in [0, 0.1) is 10.1 Å². The molecule has 4 rings (SSSR count). The maximum absolute atomic E-state index is 12.5. The molecule has 0 atom stereocenters. The van der Waals surface area contributed by atoms with Gasteiger partial charge in [0.25, 0.3) is 0 Å². The zero-order chi connectivity index (χ0) is 20.9. The fourth-order valence-electron chi connectivity index (χ4n) is 3.72. The molecule has 0 saturated carbocycles. The van der Waals surface area contributed by atoms with E-state index in [4.69, 9.17) is 4.74 Å². The van der Waals surface area contributed by atoms with Crippen molar-refractivity contribution in [2.24, 2.45) is 0 Å². The summed E-state index contributed by atoms with van der Waals surface area (Å²) in [7, 11) is 0. The van der Waals surface area contributed by atoms with E-state index in [9.17, 15) is 14.9 Å². The second-order valence-corrected chi connectivity index (χ2v) is 7.25. The summed E-state index contributed by atoms with van der Waals surface area (Å²) >= 11 is 0. The van der Waals surface area contributed by atoms with Crippen LogP contribution in [0.3, 0.4) is 0 Å². The number of nitro benzene ring substituents is 1. The van der Waals surface area contributed by atoms with Gasteiger partial charge in [-0.05, 0) is 55.7 Å². The molecular formula is C24H22N2O4. The molecule has 0 unspecified atom stereocenters. The molecular weight excluding hydrogens is 380 g/mol. The van der Waals surface area contributed by atoms with Crippen molar-refractivity contribution in [3.8, 4) is 11.5 Å². The highest BCUT2D eigenvalue weighted by atomic mass is 16.6. The number of ether oxygens (including phenoxy) is 1. The first kappa shape index (κ1) is 19.6. The van der Waals surface area contributed by atoms with Gasteiger partial charge in [-0.15, -0.1) is 0 Å². The Morgan fingerprint density at radius 1 is 0.833 bits per heavy atom. The lowest BCUT2D eigenvalue weighted by Gasteiger charge is -2.28. The Kier molecular flexibility index (Phi) is 5.75. The molecule has 0 spiro atoms. The van der Waals surface area contributed by atoms with Crippen molar-refractivity contribution in [2.45, 2.75) is 19.3 Å². The summed E-state index contributed by atoms with van der Waals surface area (Å²) in [5.41, 5.74) is 1.71. The minimum Gasteiger partial charge on any atom is -0.450 e. The van der Waals surface area contributed by atoms with E-state index in [2.05, 4.69) is 4.90 Å². The number of carbonyl (C=O) groups is 1. The van der Waals surface area contributed by atoms with Crippen molar-refractivity contribution < 1.29 is 14.5 Å². The standard InChI is InChI=1S/C24H22N2O4/c27-24(18-8-3-1-4-9-18)19-12-14-20(15-13-19)30-22-11-7-10-21(23(22)26(28)29)25-16-5-2-6-17-25/h1,3-4,7-15H,2,5-6,16-17H2. The topological polar surface area (TPSA) is 72.7 Å². The Hall–Kier alpha value is -3.67. The zero-order valence-corrected chi connectivity index (χ0v) is 16.5. The van der Waals surface area contributed by atoms with Crippen LogP contribution in [0.15, 0.2) is 72.8 Å². The molecule has 3 aromatic carbocycles. The molecule has 30 heavy (non-hydrogen) atoms. The van der Waals surface area contributed by atoms with Gasteiger partial charge in [0.1, 0.15) is 11.4 Å². The molecule has 1 heterocycles. The SMILES string of the molecule is O=C(c1ccccc1)c1ccc(Oc2cccc(N3CCCCC3)c2[N+](=O)[O-])cc1. The first-order valence-electron chi connectivity index (χ1n) is 10.0. The predicted octanol–water partition coefficient (Wildman–Crippen LogP) is 5.61. The Morgan fingerprint density at radius 3 is 2.17 bits per heavy atom. The minimum atomic E-state index is -0.382. The van der Waals surface area contributed by atoms with E-state index < -0.39 is 0 Å². The van der Waals surface area contributed by atoms with Crippen molar-refractivity contribution in [1.82, 2.24) is 0 Å². The molecule has 6 nitrogen and oxygen atoms in total. The van der Waals surface area contributed by atoms with Gasteiger partial charge in [-0.2, -0.15) is 0 Å². The van der Waals surface area contributed by atoms with E-state index >= 15 is 0 Å². The van der Waals surface area contributed by atoms with Crippen LogP contribution < -0.4 is 9.64 Å². The highest BCUT2D eigenvalue weighted by Gasteiger charge is 2.26. The van der Waals surface area contributed by atoms with E-state index in [-0.39, 0.29) is 22.1 Å². The summed E-state index contributed by atoms with van der Waals surface area (Å²) < 4.78 is 5.86. The van der Waals surface area contributed by atoms with Gasteiger partial charge in [-0.1, -0.05) is 36.4 Å². The zero-order valence-electron chi connectivity index (χ0n) is 16.5. The van der Waals surface area contributed by atoms with Crippen molar-refractivity contribution in [3.63, 3.8) is 0 Å². The highest BCUT2D eigenvalue weighted by molar-refractivity contribution is 6.09. The number of ketones is 1. The van der Waals surface area contributed by atoms with Gasteiger partial charge in [0.2, 0.25) is 5.75 Å². The van der Waals surface area contributed by atoms with Gasteiger partial charge < -0.3 is 9.64 Å². The molecule has 6 heteroatoms. The molecule has 0 aromatic heterocycles. The third-order valence-electron chi connectivity index (χ3n) is 5.24. The largest absolute Gasteiger partial charge is 0.450 e. The van der Waals surface area contributed by atoms with Gasteiger partial charge >= 0.3 is 5.69 Å². The average Bonchev–Trinajstić information content (AvgIpc) is 2.80. The van der Waals surface area contributed by atoms with Crippen molar-refractivity contribution >= 4 is 17.2 Å². The highest BCUT2D eigenvalue weighted by Crippen LogP contribution is 2.40. The van der Waals surface area contributed by atoms with Gasteiger partial charge in [0.15, 0.2) is 5.78 Å². The number of para-hydroxylation sites is 1. The molecule has 152 valence electrons. The lowest BCUT2D eigenvalue weighted by molar-refractivity contribution is -0.384. The van der Waals surface area contributed by atoms with Gasteiger partial charge in [0.05, 0.1) is 4.92 Å². The molecule has 1 saturated heterocycles. The first-order chi connectivity index (χ1) is 14.6. The Morgan fingerprint density at radius 2 is 1.50 bits per heavy atom. The average molecular weight is 402 g/mol. The Labute approximate surface area is 174 Å². The molecule has 0 aliphatic carbocycles. The number of carbonyl (C=O) groups excluding carboxylic acids is 1. The maximum Gasteiger partial charge on any atom is 0.334 e. The number of rotatable bonds is 6. The van der Waals surface area contributed by atoms with Crippen molar-refractivity contribution in [3.05, 3.63) is 94.0 Å². The smallest absolute Gasteiger partial charge is 0.334 e. The van der Waals surface area contributed by atoms with Crippen molar-refractivity contribution in [1.29, 1.82) is 0 Å². The van der Waals surface area contributed by atoms with E-state index in [0.717, 1.165) is 32.4 Å². The number of hydrogen-bond donors (Lipinski definition) is 0. The van der Waals surface area contributed by atoms with Crippen LogP contribution >= 0.6 is 0 Å². The summed E-state index contributed by atoms with van der Waals surface area (Å²) in [6.07, 6.45) is 3.20. The normalized spacial score (nSPS) is 13.7. The lowest BCUT2D eigenvalue weighted by Crippen LogP contribution is -2.29. The molecule has 3 aromatic rings. The van der Waals surface area contributed by atoms with Crippen LogP contribution in [-0.4, -0.2) is 23.8 Å². The summed E-state index contributed by atoms with van der Waals surface area (Å²) in [4.78, 5) is 26.0. The fraction of sp³-hybridized carbons (Fsp3) is 0.208. The van der Waals surface area contributed by atoms with Gasteiger partial charge in [-0.25, -0.2) is 0 Å². The predicted molar refractivity (Wildman–Crippen MR) is 116 cm³/mol. The number of anilines is 1. The van der Waals surface area contributed by atoms with Crippen LogP contribution in [0.25, 0.3) is 0 Å². The lowest BCUT2D eigenvalue weighted by atomic mass is 10.0. The minimum absolute atomic E-state index is 0.0242. The molecule has 0 bridgehead atoms. The van der Waals surface area contributed by atoms with Crippen LogP contribution in [0.2, 0.25) is 0 Å². The monoisotopic (exact) mass is 402 g/mol. The number of nitro groups is 1. The van der Waals surface area contributed by atoms with E-state index in [1.807, 2.05) is 18.2 Å². The Balaban J connectivity index is 1.58. The summed E-state index contributed by atoms with van der Waals surface area (Å²) in [6, 6.07) is 20.9. The van der Waals surface area contributed by atoms with Gasteiger partial charge in [0, 0.05) is 24.2 Å². The quantitative estimate of drug-likeness (QED) is 0.304. The summed E-state index contributed by atoms with van der Waals surface area (Å²) in [6.45, 7) is 1.61. The van der Waals surface area contributed by atoms with Crippen molar-refractivity contribution in [2.75, 3.05) is 18.0 Å². The summed E-state index contributed by atoms with van der Waals surface area (Å²) in [5.74, 6) is 0.559. The van der Waals surface area contributed by atoms with Crippen LogP contribution in [0.5, 0.6) is 11.5 Å². The second kappa shape index (κ2) is 8.78. The number of benzene rings is 3. The second-order valence-electron chi connectivity index (χ2n) is 7.25. The molecule has 1 aliphatic heterocycles. The van der Waals surface area contributed by atoms with Crippen LogP contribution in [0.1, 0.15) is 35.2 Å². The van der Waals surface area contributed by atoms with Gasteiger partial charge in [-0.3, -0.25) is 14.9 Å². The first-order valence-corrected chi connectivity index (χ1v) is 10.0. The third kappa shape index (κ3) is 4.17. The number of nitrogens with zero attached hydrogens (tertiary/aromatic N) is 2. The van der Waals surface area contributed by atoms with Crippen LogP contribution in [-0.2, 0) is 0 Å². The van der Waals surface area contributed by atoms with E-state index in [1.54, 1.807) is 54.6 Å². The number of piperidine rings is 1. The maximum atomic E-state index is 12.5. The van der Waals surface area contributed by atoms with E-state index in [0.29, 0.717) is 22.6 Å². The fourth-order valence-corrected chi connectivity index (χ4v) is 3.72. The summed E-state index contributed by atoms with van der Waals surface area (Å²) in [5, 5.41) is 11.8.